The van der Waals surface area contributed by atoms with E-state index in [2.05, 4.69) is 109 Å². The fraction of sp³-hybridized carbons (Fsp3) is 0.684. The summed E-state index contributed by atoms with van der Waals surface area (Å²) >= 11 is 0. The van der Waals surface area contributed by atoms with Crippen molar-refractivity contribution in [1.29, 1.82) is 0 Å². The number of hydrogen-bond acceptors (Lipinski definition) is 2. The summed E-state index contributed by atoms with van der Waals surface area (Å²) in [5.74, 6) is 4.35. The molecule has 2 aromatic rings. The van der Waals surface area contributed by atoms with Crippen LogP contribution in [0.5, 0.6) is 0 Å². The summed E-state index contributed by atoms with van der Waals surface area (Å²) in [5.41, 5.74) is 0.753. The zero-order chi connectivity index (χ0) is 29.2. The van der Waals surface area contributed by atoms with Gasteiger partial charge in [0.1, 0.15) is 0 Å². The molecule has 41 heavy (non-hydrogen) atoms. The molecule has 4 unspecified atom stereocenters. The Labute approximate surface area is 251 Å². The molecule has 0 bridgehead atoms. The van der Waals surface area contributed by atoms with Crippen molar-refractivity contribution in [3.63, 3.8) is 0 Å². The van der Waals surface area contributed by atoms with Crippen molar-refractivity contribution in [1.82, 2.24) is 0 Å². The van der Waals surface area contributed by atoms with Crippen molar-refractivity contribution in [3.05, 3.63) is 60.7 Å². The van der Waals surface area contributed by atoms with E-state index in [1.54, 1.807) is 0 Å². The largest absolute Gasteiger partial charge is 0.404 e. The quantitative estimate of drug-likeness (QED) is 0.366. The summed E-state index contributed by atoms with van der Waals surface area (Å²) in [6.45, 7) is 17.0. The average molecular weight is 573 g/mol. The van der Waals surface area contributed by atoms with Crippen LogP contribution in [-0.2, 0) is 4.43 Å². The van der Waals surface area contributed by atoms with Gasteiger partial charge in [-0.15, -0.1) is 0 Å². The van der Waals surface area contributed by atoms with E-state index in [9.17, 15) is 5.11 Å². The molecule has 6 rings (SSSR count). The highest BCUT2D eigenvalue weighted by Crippen LogP contribution is 2.69. The SMILES string of the molecule is C[C@H](O)[C@H]1[C@@H](C)CC2C3CCC4C[C@@H](O[Si](c5ccccc5)(c5ccccc5)C(C)(C)C)CC[C@]4(C)C3CC[C@@]21C. The number of aliphatic hydroxyl groups excluding tert-OH is 1. The molecule has 0 aliphatic heterocycles. The van der Waals surface area contributed by atoms with E-state index < -0.39 is 8.32 Å². The third-order valence-corrected chi connectivity index (χ3v) is 18.4. The monoisotopic (exact) mass is 572 g/mol. The minimum absolute atomic E-state index is 0.0293. The molecule has 4 aliphatic rings. The van der Waals surface area contributed by atoms with Crippen LogP contribution in [0.2, 0.25) is 5.04 Å². The maximum absolute atomic E-state index is 10.8. The number of fused-ring (bicyclic) bond motifs is 5. The van der Waals surface area contributed by atoms with Gasteiger partial charge in [-0.1, -0.05) is 102 Å². The van der Waals surface area contributed by atoms with Gasteiger partial charge in [0.15, 0.2) is 0 Å². The lowest BCUT2D eigenvalue weighted by molar-refractivity contribution is -0.131. The average Bonchev–Trinajstić information content (AvgIpc) is 3.22. The molecule has 1 N–H and O–H groups in total. The summed E-state index contributed by atoms with van der Waals surface area (Å²) in [4.78, 5) is 0. The van der Waals surface area contributed by atoms with Crippen LogP contribution >= 0.6 is 0 Å². The van der Waals surface area contributed by atoms with E-state index in [0.29, 0.717) is 28.8 Å². The Kier molecular flexibility index (Phi) is 7.69. The summed E-state index contributed by atoms with van der Waals surface area (Å²) in [5, 5.41) is 13.6. The second-order valence-corrected chi connectivity index (χ2v) is 20.6. The van der Waals surface area contributed by atoms with Crippen molar-refractivity contribution < 1.29 is 9.53 Å². The number of rotatable bonds is 5. The van der Waals surface area contributed by atoms with E-state index in [-0.39, 0.29) is 11.1 Å². The van der Waals surface area contributed by atoms with Gasteiger partial charge in [0, 0.05) is 6.10 Å². The number of benzene rings is 2. The summed E-state index contributed by atoms with van der Waals surface area (Å²) in [6, 6.07) is 22.5. The lowest BCUT2D eigenvalue weighted by Gasteiger charge is -2.61. The van der Waals surface area contributed by atoms with Crippen molar-refractivity contribution in [2.24, 2.45) is 46.3 Å². The summed E-state index contributed by atoms with van der Waals surface area (Å²) < 4.78 is 7.70. The lowest BCUT2D eigenvalue weighted by Crippen LogP contribution is -2.68. The second-order valence-electron chi connectivity index (χ2n) is 16.4. The third-order valence-electron chi connectivity index (χ3n) is 13.3. The Hall–Kier alpha value is -1.42. The molecule has 0 aromatic heterocycles. The Bertz CT molecular complexity index is 1150. The molecule has 4 saturated carbocycles. The molecule has 3 heteroatoms. The minimum atomic E-state index is -2.53. The smallest absolute Gasteiger partial charge is 0.261 e. The molecule has 4 fully saturated rings. The van der Waals surface area contributed by atoms with Gasteiger partial charge in [0.25, 0.3) is 8.32 Å². The minimum Gasteiger partial charge on any atom is -0.404 e. The van der Waals surface area contributed by atoms with Gasteiger partial charge < -0.3 is 9.53 Å². The number of hydrogen-bond donors (Lipinski definition) is 1. The standard InChI is InChI=1S/C38H56O2Si/c1-26-24-34-32-19-18-28-25-29(20-22-37(28,6)33(32)21-23-38(34,7)35(26)27(2)39)40-41(36(3,4)5,30-14-10-8-11-15-30)31-16-12-9-13-17-31/h8-17,26-29,32-35,39H,18-25H2,1-7H3/t26-,27-,28?,29-,32?,33?,34?,35+,37-,38-/m0/s1. The van der Waals surface area contributed by atoms with E-state index in [0.717, 1.165) is 23.7 Å². The lowest BCUT2D eigenvalue weighted by atomic mass is 9.44. The van der Waals surface area contributed by atoms with Crippen LogP contribution in [-0.4, -0.2) is 25.6 Å². The normalized spacial score (nSPS) is 39.9. The molecule has 224 valence electrons. The van der Waals surface area contributed by atoms with E-state index >= 15 is 0 Å². The maximum Gasteiger partial charge on any atom is 0.261 e. The van der Waals surface area contributed by atoms with Crippen molar-refractivity contribution >= 4 is 18.7 Å². The van der Waals surface area contributed by atoms with Crippen LogP contribution in [0, 0.1) is 46.3 Å². The maximum atomic E-state index is 10.8. The Morgan fingerprint density at radius 2 is 1.39 bits per heavy atom. The molecule has 0 heterocycles. The molecule has 0 radical (unpaired) electrons. The highest BCUT2D eigenvalue weighted by Gasteiger charge is 2.62. The highest BCUT2D eigenvalue weighted by atomic mass is 28.4. The first-order valence-corrected chi connectivity index (χ1v) is 18.8. The van der Waals surface area contributed by atoms with Gasteiger partial charge in [0.2, 0.25) is 0 Å². The molecule has 0 saturated heterocycles. The third kappa shape index (κ3) is 4.63. The van der Waals surface area contributed by atoms with Crippen LogP contribution in [0.15, 0.2) is 60.7 Å². The zero-order valence-electron chi connectivity index (χ0n) is 26.9. The Morgan fingerprint density at radius 3 is 1.95 bits per heavy atom. The first kappa shape index (κ1) is 29.6. The Morgan fingerprint density at radius 1 is 0.805 bits per heavy atom. The molecule has 2 aromatic carbocycles. The van der Waals surface area contributed by atoms with Crippen LogP contribution in [0.25, 0.3) is 0 Å². The fourth-order valence-electron chi connectivity index (χ4n) is 11.7. The molecular formula is C38H56O2Si. The summed E-state index contributed by atoms with van der Waals surface area (Å²) in [6.07, 6.45) is 10.6. The molecule has 0 amide bonds. The topological polar surface area (TPSA) is 29.5 Å². The van der Waals surface area contributed by atoms with Crippen LogP contribution in [0.1, 0.15) is 99.8 Å². The second kappa shape index (κ2) is 10.6. The zero-order valence-corrected chi connectivity index (χ0v) is 27.9. The van der Waals surface area contributed by atoms with Crippen molar-refractivity contribution in [3.8, 4) is 0 Å². The number of aliphatic hydroxyl groups is 1. The predicted molar refractivity (Wildman–Crippen MR) is 174 cm³/mol. The van der Waals surface area contributed by atoms with Crippen LogP contribution in [0.3, 0.4) is 0 Å². The van der Waals surface area contributed by atoms with Gasteiger partial charge in [-0.2, -0.15) is 0 Å². The van der Waals surface area contributed by atoms with E-state index in [1.165, 1.54) is 61.7 Å². The van der Waals surface area contributed by atoms with Gasteiger partial charge >= 0.3 is 0 Å². The summed E-state index contributed by atoms with van der Waals surface area (Å²) in [7, 11) is -2.53. The van der Waals surface area contributed by atoms with Crippen molar-refractivity contribution in [2.45, 2.75) is 117 Å². The molecular weight excluding hydrogens is 517 g/mol. The van der Waals surface area contributed by atoms with E-state index in [4.69, 9.17) is 4.43 Å². The molecule has 0 spiro atoms. The molecule has 2 nitrogen and oxygen atoms in total. The highest BCUT2D eigenvalue weighted by molar-refractivity contribution is 6.99. The fourth-order valence-corrected chi connectivity index (χ4v) is 16.4. The van der Waals surface area contributed by atoms with Gasteiger partial charge in [-0.25, -0.2) is 0 Å². The van der Waals surface area contributed by atoms with Crippen LogP contribution in [0.4, 0.5) is 0 Å². The van der Waals surface area contributed by atoms with Gasteiger partial charge in [-0.05, 0) is 120 Å². The first-order valence-electron chi connectivity index (χ1n) is 16.9. The van der Waals surface area contributed by atoms with Crippen LogP contribution < -0.4 is 10.4 Å². The van der Waals surface area contributed by atoms with Crippen molar-refractivity contribution in [2.75, 3.05) is 0 Å². The molecule has 4 aliphatic carbocycles. The van der Waals surface area contributed by atoms with Gasteiger partial charge in [0.05, 0.1) is 6.10 Å². The van der Waals surface area contributed by atoms with E-state index in [1.807, 2.05) is 0 Å². The molecule has 10 atom stereocenters. The predicted octanol–water partition coefficient (Wildman–Crippen LogP) is 8.22. The van der Waals surface area contributed by atoms with Gasteiger partial charge in [-0.3, -0.25) is 0 Å². The first-order chi connectivity index (χ1) is 19.4. The Balaban J connectivity index is 1.27.